The second-order valence-corrected chi connectivity index (χ2v) is 4.83. The van der Waals surface area contributed by atoms with Crippen molar-refractivity contribution in [3.63, 3.8) is 0 Å². The molecule has 1 amide bonds. The first-order valence-electron chi connectivity index (χ1n) is 5.62. The van der Waals surface area contributed by atoms with Crippen molar-refractivity contribution in [2.24, 2.45) is 11.7 Å². The molecule has 0 aromatic heterocycles. The van der Waals surface area contributed by atoms with E-state index in [0.29, 0.717) is 0 Å². The minimum absolute atomic E-state index is 0.0962. The lowest BCUT2D eigenvalue weighted by Crippen LogP contribution is -2.24. The Hall–Kier alpha value is -1.31. The van der Waals surface area contributed by atoms with Crippen LogP contribution in [0.5, 0.6) is 0 Å². The SMILES string of the molecule is NC(=O)[C@H]1C[C@]12CCCc1ccccc12. The van der Waals surface area contributed by atoms with E-state index in [-0.39, 0.29) is 17.2 Å². The van der Waals surface area contributed by atoms with E-state index in [2.05, 4.69) is 24.3 Å². The third-order valence-corrected chi connectivity index (χ3v) is 4.04. The Balaban J connectivity index is 2.05. The summed E-state index contributed by atoms with van der Waals surface area (Å²) in [5, 5.41) is 0. The van der Waals surface area contributed by atoms with Gasteiger partial charge in [0.05, 0.1) is 0 Å². The number of nitrogens with two attached hydrogens (primary N) is 1. The van der Waals surface area contributed by atoms with Gasteiger partial charge < -0.3 is 5.73 Å². The summed E-state index contributed by atoms with van der Waals surface area (Å²) in [5.74, 6) is -0.0225. The summed E-state index contributed by atoms with van der Waals surface area (Å²) in [5.41, 5.74) is 8.36. The van der Waals surface area contributed by atoms with Crippen LogP contribution in [0.3, 0.4) is 0 Å². The highest BCUT2D eigenvalue weighted by Crippen LogP contribution is 2.59. The van der Waals surface area contributed by atoms with Crippen LogP contribution in [0.2, 0.25) is 0 Å². The van der Waals surface area contributed by atoms with Crippen LogP contribution in [0.15, 0.2) is 24.3 Å². The Morgan fingerprint density at radius 1 is 1.40 bits per heavy atom. The quantitative estimate of drug-likeness (QED) is 0.739. The van der Waals surface area contributed by atoms with Gasteiger partial charge in [0.25, 0.3) is 0 Å². The zero-order valence-corrected chi connectivity index (χ0v) is 8.70. The minimum atomic E-state index is -0.119. The fourth-order valence-electron chi connectivity index (χ4n) is 3.21. The molecular weight excluding hydrogens is 186 g/mol. The molecule has 2 aliphatic carbocycles. The van der Waals surface area contributed by atoms with Crippen molar-refractivity contribution in [3.05, 3.63) is 35.4 Å². The molecule has 2 atom stereocenters. The van der Waals surface area contributed by atoms with Gasteiger partial charge in [-0.25, -0.2) is 0 Å². The summed E-state index contributed by atoms with van der Waals surface area (Å²) in [6, 6.07) is 8.52. The molecule has 0 saturated heterocycles. The van der Waals surface area contributed by atoms with Gasteiger partial charge in [-0.2, -0.15) is 0 Å². The number of carbonyl (C=O) groups is 1. The number of hydrogen-bond donors (Lipinski definition) is 1. The largest absolute Gasteiger partial charge is 0.369 e. The van der Waals surface area contributed by atoms with Crippen LogP contribution in [0.1, 0.15) is 30.4 Å². The second-order valence-electron chi connectivity index (χ2n) is 4.83. The average Bonchev–Trinajstić information content (AvgIpc) is 2.95. The number of carbonyl (C=O) groups excluding carboxylic acids is 1. The van der Waals surface area contributed by atoms with E-state index in [9.17, 15) is 4.79 Å². The van der Waals surface area contributed by atoms with E-state index >= 15 is 0 Å². The molecule has 2 aliphatic rings. The fourth-order valence-corrected chi connectivity index (χ4v) is 3.21. The molecule has 2 heteroatoms. The molecule has 78 valence electrons. The first-order valence-corrected chi connectivity index (χ1v) is 5.62. The Kier molecular flexibility index (Phi) is 1.70. The number of primary amides is 1. The van der Waals surface area contributed by atoms with E-state index < -0.39 is 0 Å². The van der Waals surface area contributed by atoms with Gasteiger partial charge >= 0.3 is 0 Å². The third-order valence-electron chi connectivity index (χ3n) is 4.04. The molecule has 1 saturated carbocycles. The van der Waals surface area contributed by atoms with Crippen LogP contribution in [0.25, 0.3) is 0 Å². The van der Waals surface area contributed by atoms with E-state index in [1.165, 1.54) is 17.5 Å². The highest BCUT2D eigenvalue weighted by Gasteiger charge is 2.59. The van der Waals surface area contributed by atoms with E-state index in [0.717, 1.165) is 19.3 Å². The number of aryl methyl sites for hydroxylation is 1. The zero-order chi connectivity index (χ0) is 10.5. The van der Waals surface area contributed by atoms with Gasteiger partial charge in [0, 0.05) is 11.3 Å². The van der Waals surface area contributed by atoms with Crippen LogP contribution >= 0.6 is 0 Å². The maximum Gasteiger partial charge on any atom is 0.221 e. The van der Waals surface area contributed by atoms with Gasteiger partial charge in [-0.15, -0.1) is 0 Å². The molecule has 1 aromatic carbocycles. The summed E-state index contributed by atoms with van der Waals surface area (Å²) < 4.78 is 0. The maximum atomic E-state index is 11.3. The predicted octanol–water partition coefficient (Wildman–Crippen LogP) is 1.77. The molecule has 2 nitrogen and oxygen atoms in total. The Morgan fingerprint density at radius 2 is 2.20 bits per heavy atom. The standard InChI is InChI=1S/C13H15NO/c14-12(15)11-8-13(11)7-3-5-9-4-1-2-6-10(9)13/h1-2,4,6,11H,3,5,7-8H2,(H2,14,15)/t11-,13+/m1/s1. The van der Waals surface area contributed by atoms with Crippen molar-refractivity contribution in [1.82, 2.24) is 0 Å². The lowest BCUT2D eigenvalue weighted by atomic mass is 9.78. The van der Waals surface area contributed by atoms with Crippen molar-refractivity contribution < 1.29 is 4.79 Å². The maximum absolute atomic E-state index is 11.3. The van der Waals surface area contributed by atoms with Gasteiger partial charge in [-0.3, -0.25) is 4.79 Å². The summed E-state index contributed by atoms with van der Waals surface area (Å²) >= 11 is 0. The average molecular weight is 201 g/mol. The van der Waals surface area contributed by atoms with Gasteiger partial charge in [-0.05, 0) is 36.8 Å². The van der Waals surface area contributed by atoms with Crippen molar-refractivity contribution in [2.45, 2.75) is 31.1 Å². The van der Waals surface area contributed by atoms with Crippen molar-refractivity contribution in [2.75, 3.05) is 0 Å². The normalized spacial score (nSPS) is 32.4. The molecule has 1 fully saturated rings. The van der Waals surface area contributed by atoms with E-state index in [1.54, 1.807) is 0 Å². The summed E-state index contributed by atoms with van der Waals surface area (Å²) in [6.45, 7) is 0. The smallest absolute Gasteiger partial charge is 0.221 e. The molecule has 0 bridgehead atoms. The van der Waals surface area contributed by atoms with Crippen LogP contribution in [0.4, 0.5) is 0 Å². The molecule has 0 unspecified atom stereocenters. The lowest BCUT2D eigenvalue weighted by Gasteiger charge is -2.26. The molecule has 3 rings (SSSR count). The number of fused-ring (bicyclic) bond motifs is 2. The van der Waals surface area contributed by atoms with Crippen molar-refractivity contribution in [3.8, 4) is 0 Å². The molecule has 15 heavy (non-hydrogen) atoms. The van der Waals surface area contributed by atoms with Gasteiger partial charge in [-0.1, -0.05) is 24.3 Å². The third kappa shape index (κ3) is 1.14. The molecule has 1 spiro atoms. The molecular formula is C13H15NO. The Bertz CT molecular complexity index is 426. The number of benzene rings is 1. The molecule has 2 N–H and O–H groups in total. The highest BCUT2D eigenvalue weighted by molar-refractivity contribution is 5.83. The zero-order valence-electron chi connectivity index (χ0n) is 8.70. The second kappa shape index (κ2) is 2.84. The van der Waals surface area contributed by atoms with Gasteiger partial charge in [0.1, 0.15) is 0 Å². The number of amides is 1. The van der Waals surface area contributed by atoms with Crippen LogP contribution < -0.4 is 5.73 Å². The predicted molar refractivity (Wildman–Crippen MR) is 58.4 cm³/mol. The van der Waals surface area contributed by atoms with Gasteiger partial charge in [0.15, 0.2) is 0 Å². The summed E-state index contributed by atoms with van der Waals surface area (Å²) in [6.07, 6.45) is 4.46. The van der Waals surface area contributed by atoms with Crippen molar-refractivity contribution >= 4 is 5.91 Å². The number of rotatable bonds is 1. The summed E-state index contributed by atoms with van der Waals surface area (Å²) in [7, 11) is 0. The monoisotopic (exact) mass is 201 g/mol. The first kappa shape index (κ1) is 8.96. The topological polar surface area (TPSA) is 43.1 Å². The molecule has 0 heterocycles. The fraction of sp³-hybridized carbons (Fsp3) is 0.462. The molecule has 1 aromatic rings. The Morgan fingerprint density at radius 3 is 2.93 bits per heavy atom. The highest BCUT2D eigenvalue weighted by atomic mass is 16.1. The van der Waals surface area contributed by atoms with E-state index in [4.69, 9.17) is 5.73 Å². The lowest BCUT2D eigenvalue weighted by molar-refractivity contribution is -0.119. The van der Waals surface area contributed by atoms with E-state index in [1.807, 2.05) is 0 Å². The number of hydrogen-bond acceptors (Lipinski definition) is 1. The Labute approximate surface area is 89.5 Å². The van der Waals surface area contributed by atoms with Gasteiger partial charge in [0.2, 0.25) is 5.91 Å². The van der Waals surface area contributed by atoms with Crippen LogP contribution in [-0.2, 0) is 16.6 Å². The molecule has 0 aliphatic heterocycles. The van der Waals surface area contributed by atoms with Crippen LogP contribution in [-0.4, -0.2) is 5.91 Å². The summed E-state index contributed by atoms with van der Waals surface area (Å²) in [4.78, 5) is 11.3. The molecule has 0 radical (unpaired) electrons. The van der Waals surface area contributed by atoms with Crippen LogP contribution in [0, 0.1) is 5.92 Å². The first-order chi connectivity index (χ1) is 7.24. The minimum Gasteiger partial charge on any atom is -0.369 e. The van der Waals surface area contributed by atoms with Crippen molar-refractivity contribution in [1.29, 1.82) is 0 Å².